The van der Waals surface area contributed by atoms with E-state index in [0.29, 0.717) is 12.1 Å². The Morgan fingerprint density at radius 1 is 1.40 bits per heavy atom. The van der Waals surface area contributed by atoms with Crippen molar-refractivity contribution in [1.82, 2.24) is 10.6 Å². The number of rotatable bonds is 7. The van der Waals surface area contributed by atoms with Gasteiger partial charge in [-0.3, -0.25) is 0 Å². The van der Waals surface area contributed by atoms with Crippen molar-refractivity contribution in [1.29, 1.82) is 5.26 Å². The van der Waals surface area contributed by atoms with Gasteiger partial charge in [0.05, 0.1) is 18.2 Å². The Morgan fingerprint density at radius 2 is 2.25 bits per heavy atom. The maximum absolute atomic E-state index is 8.87. The lowest BCUT2D eigenvalue weighted by molar-refractivity contribution is 0.195. The molecule has 0 fully saturated rings. The zero-order chi connectivity index (χ0) is 14.6. The largest absolute Gasteiger partial charge is 0.385 e. The maximum atomic E-state index is 8.87. The first-order valence-corrected chi connectivity index (χ1v) is 6.80. The average molecular weight is 274 g/mol. The highest BCUT2D eigenvalue weighted by Crippen LogP contribution is 2.05. The minimum atomic E-state index is 0.551. The molecule has 5 nitrogen and oxygen atoms in total. The summed E-state index contributed by atoms with van der Waals surface area (Å²) >= 11 is 0. The van der Waals surface area contributed by atoms with Gasteiger partial charge < -0.3 is 15.4 Å². The number of hydrogen-bond acceptors (Lipinski definition) is 3. The number of methoxy groups -OCH3 is 1. The third-order valence-electron chi connectivity index (χ3n) is 2.64. The molecule has 20 heavy (non-hydrogen) atoms. The van der Waals surface area contributed by atoms with Gasteiger partial charge in [-0.05, 0) is 31.0 Å². The number of ether oxygens (including phenoxy) is 1. The van der Waals surface area contributed by atoms with Crippen LogP contribution in [0, 0.1) is 11.3 Å². The van der Waals surface area contributed by atoms with Gasteiger partial charge in [0, 0.05) is 26.8 Å². The van der Waals surface area contributed by atoms with Crippen molar-refractivity contribution in [2.24, 2.45) is 4.99 Å². The molecular formula is C15H22N4O. The van der Waals surface area contributed by atoms with E-state index in [-0.39, 0.29) is 0 Å². The van der Waals surface area contributed by atoms with Crippen molar-refractivity contribution in [2.45, 2.75) is 19.9 Å². The van der Waals surface area contributed by atoms with E-state index in [1.54, 1.807) is 13.2 Å². The number of nitrogens with zero attached hydrogens (tertiary/aromatic N) is 2. The van der Waals surface area contributed by atoms with Crippen LogP contribution in [0.2, 0.25) is 0 Å². The molecule has 1 aromatic carbocycles. The molecule has 108 valence electrons. The maximum Gasteiger partial charge on any atom is 0.191 e. The smallest absolute Gasteiger partial charge is 0.191 e. The summed E-state index contributed by atoms with van der Waals surface area (Å²) in [4.78, 5) is 4.50. The molecule has 0 aliphatic heterocycles. The second kappa shape index (κ2) is 9.82. The van der Waals surface area contributed by atoms with Crippen LogP contribution in [-0.4, -0.2) is 32.8 Å². The molecule has 0 aliphatic carbocycles. The van der Waals surface area contributed by atoms with Gasteiger partial charge in [-0.15, -0.1) is 0 Å². The first kappa shape index (κ1) is 16.0. The number of hydrogen-bond donors (Lipinski definition) is 2. The van der Waals surface area contributed by atoms with Crippen LogP contribution in [-0.2, 0) is 11.3 Å². The SMILES string of the molecule is CCNC(=NCc1cccc(C#N)c1)NCCCOC. The van der Waals surface area contributed by atoms with E-state index in [4.69, 9.17) is 10.00 Å². The fourth-order valence-electron chi connectivity index (χ4n) is 1.67. The minimum Gasteiger partial charge on any atom is -0.385 e. The Balaban J connectivity index is 2.54. The Labute approximate surface area is 120 Å². The van der Waals surface area contributed by atoms with Gasteiger partial charge in [-0.25, -0.2) is 4.99 Å². The summed E-state index contributed by atoms with van der Waals surface area (Å²) in [5.41, 5.74) is 1.69. The molecular weight excluding hydrogens is 252 g/mol. The van der Waals surface area contributed by atoms with Crippen LogP contribution in [0.4, 0.5) is 0 Å². The van der Waals surface area contributed by atoms with E-state index >= 15 is 0 Å². The first-order chi connectivity index (χ1) is 9.80. The summed E-state index contributed by atoms with van der Waals surface area (Å²) in [5.74, 6) is 0.783. The van der Waals surface area contributed by atoms with Crippen molar-refractivity contribution in [2.75, 3.05) is 26.8 Å². The van der Waals surface area contributed by atoms with Crippen molar-refractivity contribution in [3.8, 4) is 6.07 Å². The predicted molar refractivity (Wildman–Crippen MR) is 80.5 cm³/mol. The number of benzene rings is 1. The summed E-state index contributed by atoms with van der Waals surface area (Å²) in [6.45, 7) is 4.95. The highest BCUT2D eigenvalue weighted by molar-refractivity contribution is 5.79. The normalized spacial score (nSPS) is 10.9. The number of guanidine groups is 1. The molecule has 5 heteroatoms. The van der Waals surface area contributed by atoms with Crippen molar-refractivity contribution >= 4 is 5.96 Å². The quantitative estimate of drug-likeness (QED) is 0.450. The predicted octanol–water partition coefficient (Wildman–Crippen LogP) is 1.65. The van der Waals surface area contributed by atoms with Crippen LogP contribution in [0.3, 0.4) is 0 Å². The van der Waals surface area contributed by atoms with Crippen molar-refractivity contribution in [3.05, 3.63) is 35.4 Å². The second-order valence-corrected chi connectivity index (χ2v) is 4.28. The van der Waals surface area contributed by atoms with Crippen LogP contribution in [0.25, 0.3) is 0 Å². The van der Waals surface area contributed by atoms with E-state index in [1.165, 1.54) is 0 Å². The van der Waals surface area contributed by atoms with Crippen molar-refractivity contribution < 1.29 is 4.74 Å². The second-order valence-electron chi connectivity index (χ2n) is 4.28. The highest BCUT2D eigenvalue weighted by Gasteiger charge is 1.98. The van der Waals surface area contributed by atoms with Crippen LogP contribution < -0.4 is 10.6 Å². The van der Waals surface area contributed by atoms with Gasteiger partial charge in [0.25, 0.3) is 0 Å². The Morgan fingerprint density at radius 3 is 2.95 bits per heavy atom. The number of nitrogens with one attached hydrogen (secondary N) is 2. The lowest BCUT2D eigenvalue weighted by Gasteiger charge is -2.11. The lowest BCUT2D eigenvalue weighted by Crippen LogP contribution is -2.38. The van der Waals surface area contributed by atoms with Gasteiger partial charge >= 0.3 is 0 Å². The third kappa shape index (κ3) is 6.21. The summed E-state index contributed by atoms with van der Waals surface area (Å²) in [7, 11) is 1.70. The molecule has 0 bridgehead atoms. The van der Waals surface area contributed by atoms with Crippen LogP contribution >= 0.6 is 0 Å². The molecule has 1 rings (SSSR count). The number of nitriles is 1. The van der Waals surface area contributed by atoms with E-state index in [1.807, 2.05) is 25.1 Å². The summed E-state index contributed by atoms with van der Waals surface area (Å²) in [6, 6.07) is 9.64. The molecule has 0 amide bonds. The molecule has 0 spiro atoms. The molecule has 0 heterocycles. The zero-order valence-corrected chi connectivity index (χ0v) is 12.1. The van der Waals surface area contributed by atoms with Gasteiger partial charge in [0.2, 0.25) is 0 Å². The summed E-state index contributed by atoms with van der Waals surface area (Å²) < 4.78 is 5.01. The zero-order valence-electron chi connectivity index (χ0n) is 12.1. The highest BCUT2D eigenvalue weighted by atomic mass is 16.5. The van der Waals surface area contributed by atoms with Crippen LogP contribution in [0.5, 0.6) is 0 Å². The van der Waals surface area contributed by atoms with Crippen LogP contribution in [0.1, 0.15) is 24.5 Å². The first-order valence-electron chi connectivity index (χ1n) is 6.80. The summed E-state index contributed by atoms with van der Waals surface area (Å²) in [5, 5.41) is 15.3. The van der Waals surface area contributed by atoms with E-state index in [2.05, 4.69) is 21.7 Å². The van der Waals surface area contributed by atoms with E-state index in [9.17, 15) is 0 Å². The molecule has 0 saturated heterocycles. The van der Waals surface area contributed by atoms with Crippen LogP contribution in [0.15, 0.2) is 29.3 Å². The molecule has 0 radical (unpaired) electrons. The fraction of sp³-hybridized carbons (Fsp3) is 0.467. The van der Waals surface area contributed by atoms with Crippen molar-refractivity contribution in [3.63, 3.8) is 0 Å². The standard InChI is InChI=1S/C15H22N4O/c1-3-17-15(18-8-5-9-20-2)19-12-14-7-4-6-13(10-14)11-16/h4,6-7,10H,3,5,8-9,12H2,1-2H3,(H2,17,18,19). The Kier molecular flexibility index (Phi) is 7.85. The Hall–Kier alpha value is -2.06. The van der Waals surface area contributed by atoms with Gasteiger partial charge in [-0.2, -0.15) is 5.26 Å². The topological polar surface area (TPSA) is 69.4 Å². The number of aliphatic imine (C=N–C) groups is 1. The van der Waals surface area contributed by atoms with Gasteiger partial charge in [-0.1, -0.05) is 12.1 Å². The van der Waals surface area contributed by atoms with E-state index in [0.717, 1.165) is 37.6 Å². The molecule has 0 aliphatic rings. The molecule has 1 aromatic rings. The Bertz CT molecular complexity index is 465. The summed E-state index contributed by atoms with van der Waals surface area (Å²) in [6.07, 6.45) is 0.935. The minimum absolute atomic E-state index is 0.551. The molecule has 0 saturated carbocycles. The van der Waals surface area contributed by atoms with E-state index < -0.39 is 0 Å². The fourth-order valence-corrected chi connectivity index (χ4v) is 1.67. The molecule has 2 N–H and O–H groups in total. The molecule has 0 aromatic heterocycles. The van der Waals surface area contributed by atoms with Gasteiger partial charge in [0.15, 0.2) is 5.96 Å². The molecule has 0 atom stereocenters. The van der Waals surface area contributed by atoms with Gasteiger partial charge in [0.1, 0.15) is 0 Å². The third-order valence-corrected chi connectivity index (χ3v) is 2.64. The monoisotopic (exact) mass is 274 g/mol. The lowest BCUT2D eigenvalue weighted by atomic mass is 10.1. The average Bonchev–Trinajstić information content (AvgIpc) is 2.49. The molecule has 0 unspecified atom stereocenters.